The Morgan fingerprint density at radius 3 is 2.00 bits per heavy atom. The van der Waals surface area contributed by atoms with E-state index < -0.39 is 12.1 Å². The molecule has 0 radical (unpaired) electrons. The third-order valence-corrected chi connectivity index (χ3v) is 3.21. The molecule has 4 heteroatoms. The van der Waals surface area contributed by atoms with E-state index in [1.165, 1.54) is 6.92 Å². The van der Waals surface area contributed by atoms with Gasteiger partial charge in [0.05, 0.1) is 5.92 Å². The zero-order valence-corrected chi connectivity index (χ0v) is 6.43. The van der Waals surface area contributed by atoms with E-state index in [4.69, 9.17) is 0 Å². The standard InChI is InChI=1S/C6H9F3S/c1-4(6(7,8)9)5-2-10-3-5/h4-5H,2-3H2,1H3. The first-order valence-electron chi connectivity index (χ1n) is 3.16. The Morgan fingerprint density at radius 2 is 1.90 bits per heavy atom. The molecule has 0 bridgehead atoms. The first-order valence-corrected chi connectivity index (χ1v) is 4.31. The highest BCUT2D eigenvalue weighted by Crippen LogP contribution is 2.39. The molecule has 1 aliphatic rings. The molecule has 0 N–H and O–H groups in total. The van der Waals surface area contributed by atoms with Crippen molar-refractivity contribution in [3.05, 3.63) is 0 Å². The van der Waals surface area contributed by atoms with Crippen LogP contribution < -0.4 is 0 Å². The second-order valence-electron chi connectivity index (χ2n) is 2.63. The first-order chi connectivity index (χ1) is 4.52. The zero-order valence-electron chi connectivity index (χ0n) is 5.61. The van der Waals surface area contributed by atoms with E-state index in [9.17, 15) is 13.2 Å². The fourth-order valence-corrected chi connectivity index (χ4v) is 1.90. The molecule has 10 heavy (non-hydrogen) atoms. The third kappa shape index (κ3) is 1.59. The summed E-state index contributed by atoms with van der Waals surface area (Å²) in [5.74, 6) is 0.139. The number of hydrogen-bond donors (Lipinski definition) is 0. The van der Waals surface area contributed by atoms with Gasteiger partial charge >= 0.3 is 6.18 Å². The first kappa shape index (κ1) is 8.24. The van der Waals surface area contributed by atoms with Crippen LogP contribution in [0.3, 0.4) is 0 Å². The number of hydrogen-bond acceptors (Lipinski definition) is 1. The predicted octanol–water partition coefficient (Wildman–Crippen LogP) is 2.55. The quantitative estimate of drug-likeness (QED) is 0.582. The molecule has 0 aromatic heterocycles. The van der Waals surface area contributed by atoms with Crippen molar-refractivity contribution < 1.29 is 13.2 Å². The molecule has 0 aliphatic carbocycles. The van der Waals surface area contributed by atoms with E-state index in [-0.39, 0.29) is 5.92 Å². The average molecular weight is 170 g/mol. The Balaban J connectivity index is 2.39. The lowest BCUT2D eigenvalue weighted by Gasteiger charge is -2.31. The molecule has 0 saturated carbocycles. The zero-order chi connectivity index (χ0) is 7.78. The van der Waals surface area contributed by atoms with Gasteiger partial charge in [-0.15, -0.1) is 0 Å². The van der Waals surface area contributed by atoms with Crippen LogP contribution in [0.15, 0.2) is 0 Å². The third-order valence-electron chi connectivity index (χ3n) is 1.89. The van der Waals surface area contributed by atoms with E-state index in [2.05, 4.69) is 0 Å². The van der Waals surface area contributed by atoms with Crippen LogP contribution in [0.4, 0.5) is 13.2 Å². The van der Waals surface area contributed by atoms with Gasteiger partial charge in [-0.2, -0.15) is 24.9 Å². The molecular formula is C6H9F3S. The molecular weight excluding hydrogens is 161 g/mol. The van der Waals surface area contributed by atoms with Crippen molar-refractivity contribution in [2.75, 3.05) is 11.5 Å². The minimum Gasteiger partial charge on any atom is -0.171 e. The minimum absolute atomic E-state index is 0.120. The normalized spacial score (nSPS) is 24.0. The minimum atomic E-state index is -3.98. The van der Waals surface area contributed by atoms with Gasteiger partial charge in [-0.1, -0.05) is 6.92 Å². The van der Waals surface area contributed by atoms with Gasteiger partial charge in [-0.25, -0.2) is 0 Å². The maximum Gasteiger partial charge on any atom is 0.391 e. The molecule has 1 atom stereocenters. The summed E-state index contributed by atoms with van der Waals surface area (Å²) in [4.78, 5) is 0. The van der Waals surface area contributed by atoms with Crippen molar-refractivity contribution in [1.82, 2.24) is 0 Å². The summed E-state index contributed by atoms with van der Waals surface area (Å²) in [7, 11) is 0. The maximum atomic E-state index is 11.9. The molecule has 0 amide bonds. The number of halogens is 3. The lowest BCUT2D eigenvalue weighted by Crippen LogP contribution is -2.35. The Morgan fingerprint density at radius 1 is 1.40 bits per heavy atom. The Kier molecular flexibility index (Phi) is 2.18. The monoisotopic (exact) mass is 170 g/mol. The van der Waals surface area contributed by atoms with E-state index in [0.29, 0.717) is 11.5 Å². The molecule has 1 rings (SSSR count). The van der Waals surface area contributed by atoms with E-state index >= 15 is 0 Å². The molecule has 0 aromatic carbocycles. The lowest BCUT2D eigenvalue weighted by atomic mass is 9.96. The molecule has 0 aromatic rings. The van der Waals surface area contributed by atoms with Crippen molar-refractivity contribution in [2.45, 2.75) is 13.1 Å². The summed E-state index contributed by atoms with van der Waals surface area (Å²) in [5.41, 5.74) is 0. The average Bonchev–Trinajstić information content (AvgIpc) is 1.57. The lowest BCUT2D eigenvalue weighted by molar-refractivity contribution is -0.180. The van der Waals surface area contributed by atoms with Gasteiger partial charge in [0.15, 0.2) is 0 Å². The summed E-state index contributed by atoms with van der Waals surface area (Å²) in [5, 5.41) is 0. The fraction of sp³-hybridized carbons (Fsp3) is 1.00. The summed E-state index contributed by atoms with van der Waals surface area (Å²) in [6.07, 6.45) is -3.98. The number of rotatable bonds is 1. The van der Waals surface area contributed by atoms with Crippen molar-refractivity contribution in [2.24, 2.45) is 11.8 Å². The van der Waals surface area contributed by atoms with Gasteiger partial charge in [0.25, 0.3) is 0 Å². The largest absolute Gasteiger partial charge is 0.391 e. The summed E-state index contributed by atoms with van der Waals surface area (Å²) in [6.45, 7) is 1.27. The van der Waals surface area contributed by atoms with E-state index in [1.54, 1.807) is 11.8 Å². The van der Waals surface area contributed by atoms with Gasteiger partial charge in [-0.3, -0.25) is 0 Å². The summed E-state index contributed by atoms with van der Waals surface area (Å²) in [6, 6.07) is 0. The molecule has 0 nitrogen and oxygen atoms in total. The van der Waals surface area contributed by atoms with Gasteiger partial charge < -0.3 is 0 Å². The summed E-state index contributed by atoms with van der Waals surface area (Å²) >= 11 is 1.59. The van der Waals surface area contributed by atoms with Crippen LogP contribution in [0, 0.1) is 11.8 Å². The van der Waals surface area contributed by atoms with E-state index in [1.807, 2.05) is 0 Å². The molecule has 1 saturated heterocycles. The maximum absolute atomic E-state index is 11.9. The highest BCUT2D eigenvalue weighted by atomic mass is 32.2. The van der Waals surface area contributed by atoms with Crippen molar-refractivity contribution in [3.8, 4) is 0 Å². The molecule has 1 fully saturated rings. The SMILES string of the molecule is CC(C1CSC1)C(F)(F)F. The van der Waals surface area contributed by atoms with Crippen LogP contribution in [-0.4, -0.2) is 17.7 Å². The Labute approximate surface area is 62.2 Å². The fourth-order valence-electron chi connectivity index (χ4n) is 0.810. The second kappa shape index (κ2) is 2.64. The number of alkyl halides is 3. The van der Waals surface area contributed by atoms with Gasteiger partial charge in [0, 0.05) is 0 Å². The van der Waals surface area contributed by atoms with Crippen molar-refractivity contribution >= 4 is 11.8 Å². The Hall–Kier alpha value is 0.140. The van der Waals surface area contributed by atoms with Crippen molar-refractivity contribution in [1.29, 1.82) is 0 Å². The highest BCUT2D eigenvalue weighted by molar-refractivity contribution is 8.00. The molecule has 1 unspecified atom stereocenters. The predicted molar refractivity (Wildman–Crippen MR) is 36.0 cm³/mol. The molecule has 1 aliphatic heterocycles. The van der Waals surface area contributed by atoms with Gasteiger partial charge in [0.2, 0.25) is 0 Å². The summed E-state index contributed by atoms with van der Waals surface area (Å²) < 4.78 is 35.7. The Bertz CT molecular complexity index is 117. The molecule has 60 valence electrons. The van der Waals surface area contributed by atoms with E-state index in [0.717, 1.165) is 0 Å². The van der Waals surface area contributed by atoms with Crippen LogP contribution in [0.5, 0.6) is 0 Å². The van der Waals surface area contributed by atoms with Crippen LogP contribution in [0.25, 0.3) is 0 Å². The second-order valence-corrected chi connectivity index (χ2v) is 3.70. The van der Waals surface area contributed by atoms with Crippen LogP contribution in [0.2, 0.25) is 0 Å². The van der Waals surface area contributed by atoms with Gasteiger partial charge in [-0.05, 0) is 17.4 Å². The molecule has 1 heterocycles. The van der Waals surface area contributed by atoms with Crippen molar-refractivity contribution in [3.63, 3.8) is 0 Å². The van der Waals surface area contributed by atoms with Crippen LogP contribution in [-0.2, 0) is 0 Å². The van der Waals surface area contributed by atoms with Crippen LogP contribution >= 0.6 is 11.8 Å². The highest BCUT2D eigenvalue weighted by Gasteiger charge is 2.43. The topological polar surface area (TPSA) is 0 Å². The smallest absolute Gasteiger partial charge is 0.171 e. The van der Waals surface area contributed by atoms with Gasteiger partial charge in [0.1, 0.15) is 0 Å². The van der Waals surface area contributed by atoms with Crippen LogP contribution in [0.1, 0.15) is 6.92 Å². The number of thioether (sulfide) groups is 1. The molecule has 0 spiro atoms.